The fourth-order valence-electron chi connectivity index (χ4n) is 5.00. The van der Waals surface area contributed by atoms with Gasteiger partial charge in [-0.25, -0.2) is 9.59 Å². The number of carboxylic acids is 1. The second-order valence-electron chi connectivity index (χ2n) is 9.76. The topological polar surface area (TPSA) is 116 Å². The van der Waals surface area contributed by atoms with Gasteiger partial charge in [-0.1, -0.05) is 68.8 Å². The molecule has 1 aliphatic carbocycles. The largest absolute Gasteiger partial charge is 0.480 e. The highest BCUT2D eigenvalue weighted by Crippen LogP contribution is 2.44. The summed E-state index contributed by atoms with van der Waals surface area (Å²) in [5, 5.41) is 11.9. The molecule has 2 aromatic carbocycles. The van der Waals surface area contributed by atoms with E-state index in [9.17, 15) is 24.3 Å². The van der Waals surface area contributed by atoms with Crippen molar-refractivity contribution >= 4 is 23.9 Å². The molecular formula is C28H33N3O6. The highest BCUT2D eigenvalue weighted by Gasteiger charge is 2.39. The standard InChI is InChI=1S/C28H33N3O6/c1-4-17(2)25(26(33)30(3)15-24(32)31-14-13-23(31)27(34)35)29-28(36)37-16-22-20-11-7-5-9-18(20)19-10-6-8-12-21(19)22/h5-12,17,22-23,25H,4,13-16H2,1-3H3,(H,29,36)(H,34,35)/t17-,23-,25-/m0/s1. The molecule has 2 N–H and O–H groups in total. The summed E-state index contributed by atoms with van der Waals surface area (Å²) in [7, 11) is 1.48. The van der Waals surface area contributed by atoms with Crippen LogP contribution in [-0.2, 0) is 19.1 Å². The third-order valence-electron chi connectivity index (χ3n) is 7.47. The maximum Gasteiger partial charge on any atom is 0.407 e. The molecule has 1 fully saturated rings. The first-order valence-corrected chi connectivity index (χ1v) is 12.6. The van der Waals surface area contributed by atoms with Gasteiger partial charge in [0.05, 0.1) is 6.54 Å². The molecule has 2 aromatic rings. The van der Waals surface area contributed by atoms with Crippen LogP contribution in [0.25, 0.3) is 11.1 Å². The van der Waals surface area contributed by atoms with E-state index in [1.54, 1.807) is 0 Å². The number of benzene rings is 2. The van der Waals surface area contributed by atoms with Crippen LogP contribution in [0.2, 0.25) is 0 Å². The molecule has 0 unspecified atom stereocenters. The number of nitrogens with one attached hydrogen (secondary N) is 1. The Morgan fingerprint density at radius 2 is 1.68 bits per heavy atom. The summed E-state index contributed by atoms with van der Waals surface area (Å²) in [6.45, 7) is 3.97. The maximum atomic E-state index is 13.2. The normalized spacial score (nSPS) is 17.6. The van der Waals surface area contributed by atoms with Crippen LogP contribution in [0.5, 0.6) is 0 Å². The number of hydrogen-bond donors (Lipinski definition) is 2. The summed E-state index contributed by atoms with van der Waals surface area (Å²) >= 11 is 0. The van der Waals surface area contributed by atoms with E-state index < -0.39 is 36.0 Å². The van der Waals surface area contributed by atoms with Gasteiger partial charge in [0, 0.05) is 19.5 Å². The van der Waals surface area contributed by atoms with E-state index in [2.05, 4.69) is 17.4 Å². The smallest absolute Gasteiger partial charge is 0.407 e. The summed E-state index contributed by atoms with van der Waals surface area (Å²) in [5.74, 6) is -2.22. The van der Waals surface area contributed by atoms with Crippen LogP contribution in [0.15, 0.2) is 48.5 Å². The van der Waals surface area contributed by atoms with Crippen molar-refractivity contribution in [2.75, 3.05) is 26.7 Å². The number of carboxylic acid groups (broad SMARTS) is 1. The lowest BCUT2D eigenvalue weighted by molar-refractivity contribution is -0.158. The Hall–Kier alpha value is -3.88. The van der Waals surface area contributed by atoms with E-state index in [1.807, 2.05) is 50.2 Å². The molecular weight excluding hydrogens is 474 g/mol. The quantitative estimate of drug-likeness (QED) is 0.539. The molecule has 9 nitrogen and oxygen atoms in total. The van der Waals surface area contributed by atoms with E-state index >= 15 is 0 Å². The Balaban J connectivity index is 1.38. The number of likely N-dealkylation sites (tertiary alicyclic amines) is 1. The van der Waals surface area contributed by atoms with E-state index in [0.717, 1.165) is 22.3 Å². The Labute approximate surface area is 216 Å². The van der Waals surface area contributed by atoms with Gasteiger partial charge in [0.2, 0.25) is 11.8 Å². The number of carbonyl (C=O) groups is 4. The molecule has 4 rings (SSSR count). The number of alkyl carbamates (subject to hydrolysis) is 1. The van der Waals surface area contributed by atoms with Crippen molar-refractivity contribution < 1.29 is 29.0 Å². The molecule has 1 aliphatic heterocycles. The van der Waals surface area contributed by atoms with Gasteiger partial charge in [-0.05, 0) is 34.6 Å². The Bertz CT molecular complexity index is 1150. The van der Waals surface area contributed by atoms with Gasteiger partial charge in [-0.15, -0.1) is 0 Å². The van der Waals surface area contributed by atoms with Gasteiger partial charge < -0.3 is 25.0 Å². The van der Waals surface area contributed by atoms with Gasteiger partial charge in [0.25, 0.3) is 0 Å². The first-order valence-electron chi connectivity index (χ1n) is 12.6. The predicted octanol–water partition coefficient (Wildman–Crippen LogP) is 3.08. The zero-order valence-corrected chi connectivity index (χ0v) is 21.3. The fraction of sp³-hybridized carbons (Fsp3) is 0.429. The minimum Gasteiger partial charge on any atom is -0.480 e. The Morgan fingerprint density at radius 1 is 1.08 bits per heavy atom. The van der Waals surface area contributed by atoms with E-state index in [0.29, 0.717) is 19.4 Å². The van der Waals surface area contributed by atoms with Crippen molar-refractivity contribution in [3.8, 4) is 11.1 Å². The Morgan fingerprint density at radius 3 is 2.19 bits per heavy atom. The number of carbonyl (C=O) groups excluding carboxylic acids is 3. The SMILES string of the molecule is CC[C@H](C)[C@H](NC(=O)OCC1c2ccccc2-c2ccccc21)C(=O)N(C)CC(=O)N1CC[C@H]1C(=O)O. The number of amides is 3. The summed E-state index contributed by atoms with van der Waals surface area (Å²) in [5.41, 5.74) is 4.43. The van der Waals surface area contributed by atoms with Crippen LogP contribution < -0.4 is 5.32 Å². The van der Waals surface area contributed by atoms with E-state index in [1.165, 1.54) is 16.8 Å². The molecule has 3 atom stereocenters. The number of ether oxygens (including phenoxy) is 1. The second-order valence-corrected chi connectivity index (χ2v) is 9.76. The van der Waals surface area contributed by atoms with Crippen LogP contribution >= 0.6 is 0 Å². The highest BCUT2D eigenvalue weighted by atomic mass is 16.5. The zero-order chi connectivity index (χ0) is 26.7. The van der Waals surface area contributed by atoms with Crippen LogP contribution in [0, 0.1) is 5.92 Å². The predicted molar refractivity (Wildman–Crippen MR) is 137 cm³/mol. The van der Waals surface area contributed by atoms with E-state index in [4.69, 9.17) is 4.74 Å². The fourth-order valence-corrected chi connectivity index (χ4v) is 5.00. The summed E-state index contributed by atoms with van der Waals surface area (Å²) in [6, 6.07) is 14.3. The molecule has 0 spiro atoms. The average Bonchev–Trinajstić information content (AvgIpc) is 3.17. The lowest BCUT2D eigenvalue weighted by Gasteiger charge is -2.39. The summed E-state index contributed by atoms with van der Waals surface area (Å²) in [6.07, 6.45) is 0.320. The molecule has 3 amide bonds. The molecule has 9 heteroatoms. The van der Waals surface area contributed by atoms with Crippen molar-refractivity contribution in [1.82, 2.24) is 15.1 Å². The van der Waals surface area contributed by atoms with Crippen LogP contribution in [0.3, 0.4) is 0 Å². The second kappa shape index (κ2) is 11.0. The number of likely N-dealkylation sites (N-methyl/N-ethyl adjacent to an activating group) is 1. The maximum absolute atomic E-state index is 13.2. The van der Waals surface area contributed by atoms with Gasteiger partial charge in [-0.3, -0.25) is 9.59 Å². The molecule has 1 saturated heterocycles. The number of fused-ring (bicyclic) bond motifs is 3. The van der Waals surface area contributed by atoms with E-state index in [-0.39, 0.29) is 25.0 Å². The summed E-state index contributed by atoms with van der Waals surface area (Å²) < 4.78 is 5.62. The number of aliphatic carboxylic acids is 1. The van der Waals surface area contributed by atoms with Crippen LogP contribution in [0.4, 0.5) is 4.79 Å². The van der Waals surface area contributed by atoms with Crippen LogP contribution in [0.1, 0.15) is 43.7 Å². The van der Waals surface area contributed by atoms with Crippen molar-refractivity contribution in [2.24, 2.45) is 5.92 Å². The molecule has 0 radical (unpaired) electrons. The van der Waals surface area contributed by atoms with Crippen molar-refractivity contribution in [3.05, 3.63) is 59.7 Å². The molecule has 0 aromatic heterocycles. The molecule has 0 saturated carbocycles. The van der Waals surface area contributed by atoms with Crippen molar-refractivity contribution in [2.45, 2.75) is 44.7 Å². The monoisotopic (exact) mass is 507 g/mol. The first-order chi connectivity index (χ1) is 17.7. The molecule has 2 aliphatic rings. The Kier molecular flexibility index (Phi) is 7.80. The molecule has 1 heterocycles. The van der Waals surface area contributed by atoms with Crippen molar-refractivity contribution in [3.63, 3.8) is 0 Å². The number of rotatable bonds is 9. The first kappa shape index (κ1) is 26.2. The van der Waals surface area contributed by atoms with Crippen molar-refractivity contribution in [1.29, 1.82) is 0 Å². The molecule has 196 valence electrons. The summed E-state index contributed by atoms with van der Waals surface area (Å²) in [4.78, 5) is 52.3. The van der Waals surface area contributed by atoms with Gasteiger partial charge in [0.1, 0.15) is 18.7 Å². The average molecular weight is 508 g/mol. The van der Waals surface area contributed by atoms with Gasteiger partial charge in [-0.2, -0.15) is 0 Å². The minimum absolute atomic E-state index is 0.102. The number of hydrogen-bond acceptors (Lipinski definition) is 5. The lowest BCUT2D eigenvalue weighted by atomic mass is 9.97. The lowest BCUT2D eigenvalue weighted by Crippen LogP contribution is -2.58. The van der Waals surface area contributed by atoms with Crippen LogP contribution in [-0.4, -0.2) is 77.6 Å². The molecule has 0 bridgehead atoms. The third kappa shape index (κ3) is 5.30. The minimum atomic E-state index is -1.05. The highest BCUT2D eigenvalue weighted by molar-refractivity contribution is 5.91. The van der Waals surface area contributed by atoms with Gasteiger partial charge >= 0.3 is 12.1 Å². The zero-order valence-electron chi connectivity index (χ0n) is 21.3. The third-order valence-corrected chi connectivity index (χ3v) is 7.47. The van der Waals surface area contributed by atoms with Gasteiger partial charge in [0.15, 0.2) is 0 Å². The number of nitrogens with zero attached hydrogens (tertiary/aromatic N) is 2. The molecule has 37 heavy (non-hydrogen) atoms.